The lowest BCUT2D eigenvalue weighted by molar-refractivity contribution is -0.148. The third-order valence-electron chi connectivity index (χ3n) is 4.71. The molecule has 164 valence electrons. The van der Waals surface area contributed by atoms with Crippen molar-refractivity contribution in [3.8, 4) is 22.9 Å². The molecule has 0 saturated carbocycles. The predicted molar refractivity (Wildman–Crippen MR) is 118 cm³/mol. The molecule has 3 aromatic rings. The van der Waals surface area contributed by atoms with Crippen LogP contribution in [0.5, 0.6) is 11.5 Å². The van der Waals surface area contributed by atoms with Crippen LogP contribution in [0.4, 0.5) is 0 Å². The third kappa shape index (κ3) is 5.55. The van der Waals surface area contributed by atoms with Crippen LogP contribution >= 0.6 is 11.6 Å². The lowest BCUT2D eigenvalue weighted by atomic mass is 10.1. The summed E-state index contributed by atoms with van der Waals surface area (Å²) in [7, 11) is 1.61. The molecule has 3 rings (SSSR count). The van der Waals surface area contributed by atoms with E-state index in [-0.39, 0.29) is 18.5 Å². The Bertz CT molecular complexity index is 1010. The third-order valence-corrected chi connectivity index (χ3v) is 4.96. The number of benzene rings is 2. The summed E-state index contributed by atoms with van der Waals surface area (Å²) in [6.07, 6.45) is 0. The molecule has 1 amide bonds. The minimum atomic E-state index is -1.10. The quantitative estimate of drug-likeness (QED) is 0.488. The van der Waals surface area contributed by atoms with E-state index in [2.05, 4.69) is 10.1 Å². The second-order valence-corrected chi connectivity index (χ2v) is 8.27. The lowest BCUT2D eigenvalue weighted by Crippen LogP contribution is -2.51. The Hall–Kier alpha value is -3.06. The van der Waals surface area contributed by atoms with Gasteiger partial charge in [0, 0.05) is 16.6 Å². The number of rotatable bonds is 8. The molecule has 1 aromatic heterocycles. The molecular formula is C23H26ClN3O4. The van der Waals surface area contributed by atoms with E-state index in [1.54, 1.807) is 50.1 Å². The fourth-order valence-corrected chi connectivity index (χ4v) is 3.12. The van der Waals surface area contributed by atoms with E-state index >= 15 is 0 Å². The highest BCUT2D eigenvalue weighted by Gasteiger charge is 2.36. The van der Waals surface area contributed by atoms with E-state index in [1.165, 1.54) is 0 Å². The van der Waals surface area contributed by atoms with Gasteiger partial charge in [-0.25, -0.2) is 0 Å². The summed E-state index contributed by atoms with van der Waals surface area (Å²) in [5, 5.41) is 4.64. The zero-order valence-corrected chi connectivity index (χ0v) is 19.0. The number of halogens is 1. The van der Waals surface area contributed by atoms with Crippen LogP contribution in [0.1, 0.15) is 33.6 Å². The molecule has 0 N–H and O–H groups in total. The first-order valence-electron chi connectivity index (χ1n) is 9.92. The van der Waals surface area contributed by atoms with E-state index in [1.807, 2.05) is 38.1 Å². The van der Waals surface area contributed by atoms with Gasteiger partial charge in [0.25, 0.3) is 5.91 Å². The van der Waals surface area contributed by atoms with Crippen molar-refractivity contribution < 1.29 is 18.8 Å². The molecule has 2 aromatic carbocycles. The van der Waals surface area contributed by atoms with Crippen LogP contribution in [-0.4, -0.2) is 39.7 Å². The van der Waals surface area contributed by atoms with Gasteiger partial charge in [0.2, 0.25) is 11.7 Å². The van der Waals surface area contributed by atoms with Gasteiger partial charge in [-0.1, -0.05) is 16.8 Å². The summed E-state index contributed by atoms with van der Waals surface area (Å²) in [4.78, 5) is 19.4. The highest BCUT2D eigenvalue weighted by molar-refractivity contribution is 6.30. The smallest absolute Gasteiger partial charge is 0.266 e. The van der Waals surface area contributed by atoms with Crippen molar-refractivity contribution in [3.05, 3.63) is 59.4 Å². The van der Waals surface area contributed by atoms with Crippen LogP contribution in [-0.2, 0) is 11.3 Å². The number of aromatic nitrogens is 2. The first-order valence-corrected chi connectivity index (χ1v) is 10.3. The number of nitrogens with zero attached hydrogens (tertiary/aromatic N) is 3. The molecule has 0 fully saturated rings. The van der Waals surface area contributed by atoms with Gasteiger partial charge < -0.3 is 18.9 Å². The van der Waals surface area contributed by atoms with Gasteiger partial charge in [-0.2, -0.15) is 4.98 Å². The van der Waals surface area contributed by atoms with Gasteiger partial charge in [-0.05, 0) is 76.2 Å². The number of hydrogen-bond acceptors (Lipinski definition) is 6. The molecular weight excluding hydrogens is 418 g/mol. The van der Waals surface area contributed by atoms with Gasteiger partial charge >= 0.3 is 0 Å². The fraction of sp³-hybridized carbons (Fsp3) is 0.348. The molecule has 8 heteroatoms. The van der Waals surface area contributed by atoms with Crippen molar-refractivity contribution in [1.29, 1.82) is 0 Å². The number of ether oxygens (including phenoxy) is 2. The average Bonchev–Trinajstić information content (AvgIpc) is 3.21. The van der Waals surface area contributed by atoms with E-state index in [4.69, 9.17) is 25.6 Å². The highest BCUT2D eigenvalue weighted by Crippen LogP contribution is 2.25. The van der Waals surface area contributed by atoms with Gasteiger partial charge in [-0.3, -0.25) is 4.79 Å². The molecule has 0 bridgehead atoms. The Morgan fingerprint density at radius 1 is 1.10 bits per heavy atom. The summed E-state index contributed by atoms with van der Waals surface area (Å²) in [6, 6.07) is 14.2. The van der Waals surface area contributed by atoms with E-state index < -0.39 is 5.60 Å². The summed E-state index contributed by atoms with van der Waals surface area (Å²) >= 11 is 5.93. The number of carbonyl (C=O) groups excluding carboxylic acids is 1. The summed E-state index contributed by atoms with van der Waals surface area (Å²) in [5.41, 5.74) is -0.304. The molecule has 1 heterocycles. The Kier molecular flexibility index (Phi) is 6.85. The predicted octanol–water partition coefficient (Wildman–Crippen LogP) is 4.99. The van der Waals surface area contributed by atoms with Crippen molar-refractivity contribution in [2.75, 3.05) is 7.11 Å². The van der Waals surface area contributed by atoms with Crippen molar-refractivity contribution in [3.63, 3.8) is 0 Å². The highest BCUT2D eigenvalue weighted by atomic mass is 35.5. The molecule has 0 aliphatic heterocycles. The van der Waals surface area contributed by atoms with Crippen LogP contribution in [0.3, 0.4) is 0 Å². The largest absolute Gasteiger partial charge is 0.497 e. The van der Waals surface area contributed by atoms with E-state index in [0.29, 0.717) is 22.5 Å². The van der Waals surface area contributed by atoms with Crippen molar-refractivity contribution in [2.24, 2.45) is 0 Å². The van der Waals surface area contributed by atoms with Gasteiger partial charge in [0.1, 0.15) is 18.0 Å². The summed E-state index contributed by atoms with van der Waals surface area (Å²) in [5.74, 6) is 1.90. The Morgan fingerprint density at radius 2 is 1.71 bits per heavy atom. The first kappa shape index (κ1) is 22.6. The average molecular weight is 444 g/mol. The second-order valence-electron chi connectivity index (χ2n) is 7.83. The molecule has 0 aliphatic carbocycles. The molecule has 7 nitrogen and oxygen atoms in total. The maximum atomic E-state index is 13.3. The Morgan fingerprint density at radius 3 is 2.29 bits per heavy atom. The van der Waals surface area contributed by atoms with Gasteiger partial charge in [0.15, 0.2) is 5.60 Å². The number of methoxy groups -OCH3 is 1. The van der Waals surface area contributed by atoms with Crippen LogP contribution in [0, 0.1) is 0 Å². The molecule has 31 heavy (non-hydrogen) atoms. The van der Waals surface area contributed by atoms with Crippen LogP contribution in [0.2, 0.25) is 5.02 Å². The van der Waals surface area contributed by atoms with Crippen molar-refractivity contribution in [1.82, 2.24) is 15.0 Å². The number of hydrogen-bond donors (Lipinski definition) is 0. The fourth-order valence-electron chi connectivity index (χ4n) is 3.00. The van der Waals surface area contributed by atoms with Crippen LogP contribution in [0.25, 0.3) is 11.4 Å². The molecule has 0 radical (unpaired) electrons. The van der Waals surface area contributed by atoms with Crippen LogP contribution < -0.4 is 9.47 Å². The van der Waals surface area contributed by atoms with Crippen LogP contribution in [0.15, 0.2) is 53.1 Å². The Balaban J connectivity index is 1.75. The molecule has 0 unspecified atom stereocenters. The SMILES string of the molecule is COc1ccc(-c2noc(CN(C(=O)C(C)(C)Oc3ccc(Cl)cc3)C(C)C)n2)cc1. The number of amides is 1. The molecule has 0 atom stereocenters. The second kappa shape index (κ2) is 9.39. The molecule has 0 aliphatic rings. The maximum absolute atomic E-state index is 13.3. The van der Waals surface area contributed by atoms with Gasteiger partial charge in [0.05, 0.1) is 7.11 Å². The van der Waals surface area contributed by atoms with Gasteiger partial charge in [-0.15, -0.1) is 0 Å². The molecule has 0 spiro atoms. The van der Waals surface area contributed by atoms with Crippen molar-refractivity contribution >= 4 is 17.5 Å². The zero-order valence-electron chi connectivity index (χ0n) is 18.3. The monoisotopic (exact) mass is 443 g/mol. The summed E-state index contributed by atoms with van der Waals surface area (Å²) < 4.78 is 16.5. The maximum Gasteiger partial charge on any atom is 0.266 e. The van der Waals surface area contributed by atoms with E-state index in [0.717, 1.165) is 11.3 Å². The minimum Gasteiger partial charge on any atom is -0.497 e. The molecule has 0 saturated heterocycles. The first-order chi connectivity index (χ1) is 14.7. The normalized spacial score (nSPS) is 11.5. The number of carbonyl (C=O) groups is 1. The zero-order chi connectivity index (χ0) is 22.6. The summed E-state index contributed by atoms with van der Waals surface area (Å²) in [6.45, 7) is 7.49. The standard InChI is InChI=1S/C23H26ClN3O4/c1-15(2)27(22(28)23(3,4)30-19-12-8-17(24)9-13-19)14-20-25-21(26-31-20)16-6-10-18(29-5)11-7-16/h6-13,15H,14H2,1-5H3. The topological polar surface area (TPSA) is 77.7 Å². The van der Waals surface area contributed by atoms with Crippen molar-refractivity contribution in [2.45, 2.75) is 45.9 Å². The minimum absolute atomic E-state index is 0.100. The lowest BCUT2D eigenvalue weighted by Gasteiger charge is -2.34. The van der Waals surface area contributed by atoms with E-state index in [9.17, 15) is 4.79 Å². The Labute approximate surface area is 186 Å².